The number of aromatic nitrogens is 4. The third-order valence-corrected chi connectivity index (χ3v) is 4.70. The molecule has 0 bridgehead atoms. The van der Waals surface area contributed by atoms with Crippen LogP contribution in [0.4, 0.5) is 11.5 Å². The number of hydrogen-bond donors (Lipinski definition) is 2. The summed E-state index contributed by atoms with van der Waals surface area (Å²) < 4.78 is 13.5. The van der Waals surface area contributed by atoms with Crippen LogP contribution in [-0.2, 0) is 16.1 Å². The van der Waals surface area contributed by atoms with Crippen LogP contribution in [0, 0.1) is 10.1 Å². The van der Waals surface area contributed by atoms with Crippen LogP contribution in [0.1, 0.15) is 18.2 Å². The standard InChI is InChI=1S/C17H18N6O5/c18-16-15-17(20-8-19-16)22(9-21-15)14-5-12(13(6-24)28-14)27-7-10-3-1-2-4-11(10)23(25)26/h1-4,8-9,12-14,24H,5-7H2,(H2,18,19,20)/t12-,13-,14-/m1/s1. The summed E-state index contributed by atoms with van der Waals surface area (Å²) in [7, 11) is 0. The molecule has 1 aliphatic heterocycles. The van der Waals surface area contributed by atoms with Crippen LogP contribution in [0.15, 0.2) is 36.9 Å². The Kier molecular flexibility index (Phi) is 4.86. The van der Waals surface area contributed by atoms with Crippen LogP contribution >= 0.6 is 0 Å². The van der Waals surface area contributed by atoms with Gasteiger partial charge in [0.15, 0.2) is 11.5 Å². The molecule has 3 aromatic rings. The van der Waals surface area contributed by atoms with Gasteiger partial charge in [0.25, 0.3) is 5.69 Å². The number of benzene rings is 1. The third-order valence-electron chi connectivity index (χ3n) is 4.70. The van der Waals surface area contributed by atoms with Crippen molar-refractivity contribution in [2.24, 2.45) is 0 Å². The van der Waals surface area contributed by atoms with Crippen molar-refractivity contribution < 1.29 is 19.5 Å². The smallest absolute Gasteiger partial charge is 0.274 e. The number of imidazole rings is 1. The Bertz CT molecular complexity index is 1010. The highest BCUT2D eigenvalue weighted by Gasteiger charge is 2.37. The van der Waals surface area contributed by atoms with Gasteiger partial charge in [-0.15, -0.1) is 0 Å². The molecule has 11 nitrogen and oxygen atoms in total. The van der Waals surface area contributed by atoms with Gasteiger partial charge >= 0.3 is 0 Å². The Morgan fingerprint density at radius 1 is 1.36 bits per heavy atom. The molecule has 2 aromatic heterocycles. The average Bonchev–Trinajstić information content (AvgIpc) is 3.31. The quantitative estimate of drug-likeness (QED) is 0.470. The van der Waals surface area contributed by atoms with Crippen molar-refractivity contribution in [3.05, 3.63) is 52.6 Å². The van der Waals surface area contributed by atoms with Crippen molar-refractivity contribution in [2.75, 3.05) is 12.3 Å². The van der Waals surface area contributed by atoms with Crippen LogP contribution in [0.2, 0.25) is 0 Å². The molecule has 11 heteroatoms. The molecule has 0 saturated carbocycles. The number of aliphatic hydroxyl groups excluding tert-OH is 1. The number of fused-ring (bicyclic) bond motifs is 1. The van der Waals surface area contributed by atoms with Gasteiger partial charge in [0.1, 0.15) is 24.2 Å². The molecule has 4 rings (SSSR count). The first-order chi connectivity index (χ1) is 13.6. The Hall–Kier alpha value is -3.15. The van der Waals surface area contributed by atoms with Crippen molar-refractivity contribution in [1.29, 1.82) is 0 Å². The molecule has 3 atom stereocenters. The lowest BCUT2D eigenvalue weighted by Gasteiger charge is -2.16. The fourth-order valence-electron chi connectivity index (χ4n) is 3.30. The number of nitrogen functional groups attached to an aromatic ring is 1. The molecule has 3 N–H and O–H groups in total. The summed E-state index contributed by atoms with van der Waals surface area (Å²) in [4.78, 5) is 23.0. The minimum atomic E-state index is -0.579. The van der Waals surface area contributed by atoms with E-state index in [0.717, 1.165) is 0 Å². The lowest BCUT2D eigenvalue weighted by atomic mass is 10.1. The minimum absolute atomic E-state index is 0.00806. The van der Waals surface area contributed by atoms with Crippen molar-refractivity contribution in [2.45, 2.75) is 31.5 Å². The number of nitrogens with zero attached hydrogens (tertiary/aromatic N) is 5. The molecule has 1 fully saturated rings. The lowest BCUT2D eigenvalue weighted by molar-refractivity contribution is -0.386. The first kappa shape index (κ1) is 18.2. The fraction of sp³-hybridized carbons (Fsp3) is 0.353. The van der Waals surface area contributed by atoms with E-state index >= 15 is 0 Å². The fourth-order valence-corrected chi connectivity index (χ4v) is 3.30. The maximum atomic E-state index is 11.2. The first-order valence-corrected chi connectivity index (χ1v) is 8.61. The maximum absolute atomic E-state index is 11.2. The maximum Gasteiger partial charge on any atom is 0.274 e. The second kappa shape index (κ2) is 7.46. The second-order valence-electron chi connectivity index (χ2n) is 6.37. The van der Waals surface area contributed by atoms with Crippen molar-refractivity contribution in [3.8, 4) is 0 Å². The van der Waals surface area contributed by atoms with E-state index in [2.05, 4.69) is 15.0 Å². The molecule has 0 unspecified atom stereocenters. The molecule has 28 heavy (non-hydrogen) atoms. The van der Waals surface area contributed by atoms with E-state index in [4.69, 9.17) is 15.2 Å². The van der Waals surface area contributed by atoms with E-state index in [1.54, 1.807) is 29.1 Å². The Morgan fingerprint density at radius 3 is 2.96 bits per heavy atom. The number of hydrogen-bond acceptors (Lipinski definition) is 9. The molecule has 0 amide bonds. The minimum Gasteiger partial charge on any atom is -0.394 e. The predicted octanol–water partition coefficient (Wildman–Crippen LogP) is 1.18. The van der Waals surface area contributed by atoms with E-state index in [-0.39, 0.29) is 24.7 Å². The zero-order chi connectivity index (χ0) is 19.7. The second-order valence-corrected chi connectivity index (χ2v) is 6.37. The van der Waals surface area contributed by atoms with Crippen LogP contribution < -0.4 is 5.73 Å². The summed E-state index contributed by atoms with van der Waals surface area (Å²) in [5, 5.41) is 20.8. The zero-order valence-electron chi connectivity index (χ0n) is 14.7. The highest BCUT2D eigenvalue weighted by atomic mass is 16.6. The van der Waals surface area contributed by atoms with Gasteiger partial charge < -0.3 is 20.3 Å². The van der Waals surface area contributed by atoms with E-state index < -0.39 is 23.4 Å². The van der Waals surface area contributed by atoms with E-state index in [9.17, 15) is 15.2 Å². The number of nitro benzene ring substituents is 1. The number of ether oxygens (including phenoxy) is 2. The number of rotatable bonds is 6. The third kappa shape index (κ3) is 3.26. The van der Waals surface area contributed by atoms with Gasteiger partial charge in [-0.3, -0.25) is 14.7 Å². The summed E-state index contributed by atoms with van der Waals surface area (Å²) >= 11 is 0. The Morgan fingerprint density at radius 2 is 2.18 bits per heavy atom. The highest BCUT2D eigenvalue weighted by Crippen LogP contribution is 2.33. The van der Waals surface area contributed by atoms with E-state index in [1.165, 1.54) is 12.4 Å². The van der Waals surface area contributed by atoms with Crippen LogP contribution in [0.3, 0.4) is 0 Å². The summed E-state index contributed by atoms with van der Waals surface area (Å²) in [5.74, 6) is 0.268. The summed E-state index contributed by atoms with van der Waals surface area (Å²) in [6, 6.07) is 6.38. The molecule has 0 radical (unpaired) electrons. The molecule has 1 aromatic carbocycles. The van der Waals surface area contributed by atoms with E-state index in [1.807, 2.05) is 0 Å². The summed E-state index contributed by atoms with van der Waals surface area (Å²) in [6.07, 6.45) is 1.82. The number of para-hydroxylation sites is 1. The van der Waals surface area contributed by atoms with Gasteiger partial charge in [-0.2, -0.15) is 0 Å². The van der Waals surface area contributed by atoms with Gasteiger partial charge in [0.05, 0.1) is 36.1 Å². The number of nitrogens with two attached hydrogens (primary N) is 1. The van der Waals surface area contributed by atoms with E-state index in [0.29, 0.717) is 23.1 Å². The molecule has 1 aliphatic rings. The topological polar surface area (TPSA) is 151 Å². The van der Waals surface area contributed by atoms with Crippen molar-refractivity contribution >= 4 is 22.7 Å². The average molecular weight is 386 g/mol. The Balaban J connectivity index is 1.52. The SMILES string of the molecule is Nc1ncnc2c1ncn2[C@H]1C[C@@H](OCc2ccccc2[N+](=O)[O-])[C@@H](CO)O1. The summed E-state index contributed by atoms with van der Waals surface area (Å²) in [5.41, 5.74) is 7.25. The lowest BCUT2D eigenvalue weighted by Crippen LogP contribution is -2.27. The molecular formula is C17H18N6O5. The molecule has 1 saturated heterocycles. The van der Waals surface area contributed by atoms with Gasteiger partial charge in [-0.1, -0.05) is 12.1 Å². The van der Waals surface area contributed by atoms with Gasteiger partial charge in [-0.05, 0) is 6.07 Å². The largest absolute Gasteiger partial charge is 0.394 e. The monoisotopic (exact) mass is 386 g/mol. The van der Waals surface area contributed by atoms with Gasteiger partial charge in [0.2, 0.25) is 0 Å². The number of aliphatic hydroxyl groups is 1. The molecular weight excluding hydrogens is 368 g/mol. The molecule has 146 valence electrons. The zero-order valence-corrected chi connectivity index (χ0v) is 14.7. The number of anilines is 1. The van der Waals surface area contributed by atoms with Crippen molar-refractivity contribution in [1.82, 2.24) is 19.5 Å². The number of nitro groups is 1. The molecule has 0 spiro atoms. The Labute approximate surface area is 158 Å². The summed E-state index contributed by atoms with van der Waals surface area (Å²) in [6.45, 7) is -0.212. The highest BCUT2D eigenvalue weighted by molar-refractivity contribution is 5.81. The predicted molar refractivity (Wildman–Crippen MR) is 97.0 cm³/mol. The first-order valence-electron chi connectivity index (χ1n) is 8.61. The molecule has 0 aliphatic carbocycles. The van der Waals surface area contributed by atoms with Gasteiger partial charge in [-0.25, -0.2) is 15.0 Å². The molecule has 3 heterocycles. The van der Waals surface area contributed by atoms with Gasteiger partial charge in [0, 0.05) is 12.5 Å². The van der Waals surface area contributed by atoms with Crippen LogP contribution in [0.5, 0.6) is 0 Å². The van der Waals surface area contributed by atoms with Crippen LogP contribution in [0.25, 0.3) is 11.2 Å². The van der Waals surface area contributed by atoms with Crippen molar-refractivity contribution in [3.63, 3.8) is 0 Å². The normalized spacial score (nSPS) is 22.0. The van der Waals surface area contributed by atoms with Crippen LogP contribution in [-0.4, -0.2) is 48.4 Å².